The Morgan fingerprint density at radius 1 is 0.810 bits per heavy atom. The second-order valence-corrected chi connectivity index (χ2v) is 16.5. The van der Waals surface area contributed by atoms with Gasteiger partial charge in [-0.2, -0.15) is 10.2 Å². The van der Waals surface area contributed by atoms with Crippen LogP contribution in [0.15, 0.2) is 33.3 Å². The Kier molecular flexibility index (Phi) is 11.3. The van der Waals surface area contributed by atoms with Crippen molar-refractivity contribution in [2.75, 3.05) is 10.6 Å². The van der Waals surface area contributed by atoms with Crippen LogP contribution < -0.4 is 16.0 Å². The third-order valence-electron chi connectivity index (χ3n) is 11.3. The summed E-state index contributed by atoms with van der Waals surface area (Å²) in [6, 6.07) is 6.06. The van der Waals surface area contributed by atoms with Crippen molar-refractivity contribution >= 4 is 35.6 Å². The SMILES string of the molecule is Cc1cc(CC(=O)Nc2cc([C@@H]3C[C@@H](F)[C@H](OC(=O)NC4(C)CC4)C3)[nH]n2)on1.Cc1cc(CC(=O)Nc2cc([C@H]3C[C@H](F)[C@@H](N(C(=O)O)C4(C)CC4)C3)[nH]n2)on1. The fourth-order valence-corrected chi connectivity index (χ4v) is 7.64. The highest BCUT2D eigenvalue weighted by Gasteiger charge is 2.53. The number of alkyl carbamates (subject to hydrolysis) is 1. The molecule has 20 heteroatoms. The molecule has 0 aromatic carbocycles. The van der Waals surface area contributed by atoms with Crippen LogP contribution in [0.1, 0.15) is 111 Å². The molecule has 6 N–H and O–H groups in total. The second kappa shape index (κ2) is 16.2. The third kappa shape index (κ3) is 9.82. The van der Waals surface area contributed by atoms with Crippen molar-refractivity contribution in [3.05, 3.63) is 58.6 Å². The lowest BCUT2D eigenvalue weighted by Crippen LogP contribution is -2.49. The molecule has 4 heterocycles. The number of carbonyl (C=O) groups excluding carboxylic acids is 3. The Labute approximate surface area is 331 Å². The number of halogens is 2. The molecule has 0 spiro atoms. The van der Waals surface area contributed by atoms with E-state index in [4.69, 9.17) is 13.8 Å². The molecule has 58 heavy (non-hydrogen) atoms. The van der Waals surface area contributed by atoms with E-state index in [2.05, 4.69) is 46.7 Å². The van der Waals surface area contributed by atoms with E-state index >= 15 is 0 Å². The molecule has 8 rings (SSSR count). The molecular formula is C38H48F2N10O8. The fourth-order valence-electron chi connectivity index (χ4n) is 7.64. The van der Waals surface area contributed by atoms with Crippen LogP contribution in [0.3, 0.4) is 0 Å². The molecule has 4 aliphatic rings. The van der Waals surface area contributed by atoms with Crippen molar-refractivity contribution in [1.29, 1.82) is 0 Å². The normalized spacial score (nSPS) is 24.9. The van der Waals surface area contributed by atoms with Crippen LogP contribution in [0, 0.1) is 13.8 Å². The van der Waals surface area contributed by atoms with E-state index in [0.717, 1.165) is 25.7 Å². The number of aromatic amines is 2. The average Bonchev–Trinajstić information content (AvgIpc) is 3.59. The molecule has 0 aliphatic heterocycles. The van der Waals surface area contributed by atoms with Gasteiger partial charge in [-0.25, -0.2) is 18.4 Å². The molecule has 6 atom stereocenters. The molecule has 4 fully saturated rings. The van der Waals surface area contributed by atoms with Gasteiger partial charge < -0.3 is 34.8 Å². The van der Waals surface area contributed by atoms with Crippen LogP contribution in [0.25, 0.3) is 0 Å². The Morgan fingerprint density at radius 2 is 1.33 bits per heavy atom. The smallest absolute Gasteiger partial charge is 0.408 e. The summed E-state index contributed by atoms with van der Waals surface area (Å²) in [6.07, 6.45) is -0.297. The van der Waals surface area contributed by atoms with E-state index in [-0.39, 0.29) is 54.9 Å². The highest BCUT2D eigenvalue weighted by Crippen LogP contribution is 2.48. The maximum absolute atomic E-state index is 14.7. The van der Waals surface area contributed by atoms with Crippen LogP contribution in [-0.2, 0) is 27.2 Å². The molecule has 0 unspecified atom stereocenters. The molecule has 4 saturated carbocycles. The molecular weight excluding hydrogens is 762 g/mol. The zero-order valence-corrected chi connectivity index (χ0v) is 32.6. The number of hydrogen-bond acceptors (Lipinski definition) is 11. The third-order valence-corrected chi connectivity index (χ3v) is 11.3. The summed E-state index contributed by atoms with van der Waals surface area (Å²) in [5.41, 5.74) is 2.12. The van der Waals surface area contributed by atoms with Crippen molar-refractivity contribution in [2.24, 2.45) is 0 Å². The summed E-state index contributed by atoms with van der Waals surface area (Å²) in [5, 5.41) is 39.0. The summed E-state index contributed by atoms with van der Waals surface area (Å²) < 4.78 is 44.4. The zero-order chi connectivity index (χ0) is 41.4. The lowest BCUT2D eigenvalue weighted by atomic mass is 10.0. The van der Waals surface area contributed by atoms with Crippen molar-refractivity contribution < 1.29 is 46.8 Å². The number of anilines is 2. The van der Waals surface area contributed by atoms with Gasteiger partial charge in [-0.1, -0.05) is 10.3 Å². The topological polar surface area (TPSA) is 246 Å². The highest BCUT2D eigenvalue weighted by molar-refractivity contribution is 5.91. The van der Waals surface area contributed by atoms with E-state index in [0.29, 0.717) is 58.8 Å². The number of ether oxygens (including phenoxy) is 1. The lowest BCUT2D eigenvalue weighted by Gasteiger charge is -2.33. The molecule has 0 bridgehead atoms. The number of alkyl halides is 2. The van der Waals surface area contributed by atoms with Gasteiger partial charge in [0.2, 0.25) is 11.8 Å². The van der Waals surface area contributed by atoms with Crippen LogP contribution in [0.2, 0.25) is 0 Å². The van der Waals surface area contributed by atoms with Gasteiger partial charge in [0.25, 0.3) is 0 Å². The summed E-state index contributed by atoms with van der Waals surface area (Å²) >= 11 is 0. The minimum atomic E-state index is -1.24. The van der Waals surface area contributed by atoms with E-state index in [9.17, 15) is 33.1 Å². The molecule has 4 aliphatic carbocycles. The number of amides is 4. The summed E-state index contributed by atoms with van der Waals surface area (Å²) in [7, 11) is 0. The lowest BCUT2D eigenvalue weighted by molar-refractivity contribution is -0.116. The van der Waals surface area contributed by atoms with Gasteiger partial charge in [0.05, 0.1) is 30.3 Å². The maximum Gasteiger partial charge on any atom is 0.408 e. The van der Waals surface area contributed by atoms with Crippen molar-refractivity contribution in [3.63, 3.8) is 0 Å². The van der Waals surface area contributed by atoms with Crippen molar-refractivity contribution in [3.8, 4) is 0 Å². The van der Waals surface area contributed by atoms with Crippen LogP contribution in [-0.4, -0.2) is 100 Å². The first-order valence-corrected chi connectivity index (χ1v) is 19.4. The van der Waals surface area contributed by atoms with Crippen molar-refractivity contribution in [1.82, 2.24) is 40.9 Å². The van der Waals surface area contributed by atoms with Gasteiger partial charge in [-0.05, 0) is 79.1 Å². The number of aromatic nitrogens is 6. The summed E-state index contributed by atoms with van der Waals surface area (Å²) in [4.78, 5) is 49.2. The molecule has 4 aromatic heterocycles. The maximum atomic E-state index is 14.7. The predicted molar refractivity (Wildman–Crippen MR) is 200 cm³/mol. The minimum absolute atomic E-state index is 0.0350. The summed E-state index contributed by atoms with van der Waals surface area (Å²) in [5.74, 6) is 0.654. The standard InChI is InChI=1S/2C19H24FN5O4/c1-10-5-12(29-25-10)8-17(26)21-16-9-14(23-24-16)11-6-13(20)15(7-11)28-18(27)22-19(2)3-4-19;1-10-5-12(29-24-10)8-17(26)21-16-9-14(22-23-16)11-6-13(20)15(7-11)25(18(27)28)19(2)3-4-19/h5,9,11,13,15H,3-4,6-8H2,1-2H3,(H,22,27)(H2,21,23,24,26);5,9,11,13,15H,3-4,6-8H2,1-2H3,(H,27,28)(H2,21,22,23,26)/t2*11-,13-,15-/m10/s1. The largest absolute Gasteiger partial charge is 0.465 e. The fraction of sp³-hybridized carbons (Fsp3) is 0.579. The average molecular weight is 811 g/mol. The molecule has 4 aromatic rings. The summed E-state index contributed by atoms with van der Waals surface area (Å²) in [6.45, 7) is 7.34. The van der Waals surface area contributed by atoms with Crippen LogP contribution >= 0.6 is 0 Å². The number of aryl methyl sites for hydroxylation is 2. The van der Waals surface area contributed by atoms with Crippen LogP contribution in [0.4, 0.5) is 30.0 Å². The molecule has 4 amide bonds. The second-order valence-electron chi connectivity index (χ2n) is 16.5. The first-order valence-electron chi connectivity index (χ1n) is 19.4. The first-order chi connectivity index (χ1) is 27.5. The van der Waals surface area contributed by atoms with Gasteiger partial charge in [0.1, 0.15) is 30.0 Å². The number of hydrogen-bond donors (Lipinski definition) is 6. The number of rotatable bonds is 12. The van der Waals surface area contributed by atoms with Crippen molar-refractivity contribution in [2.45, 2.75) is 139 Å². The molecule has 312 valence electrons. The van der Waals surface area contributed by atoms with Gasteiger partial charge in [-0.3, -0.25) is 24.7 Å². The zero-order valence-electron chi connectivity index (χ0n) is 32.6. The van der Waals surface area contributed by atoms with Crippen LogP contribution in [0.5, 0.6) is 0 Å². The molecule has 18 nitrogen and oxygen atoms in total. The van der Waals surface area contributed by atoms with Gasteiger partial charge in [0.15, 0.2) is 11.6 Å². The number of nitrogens with zero attached hydrogens (tertiary/aromatic N) is 5. The monoisotopic (exact) mass is 810 g/mol. The number of H-pyrrole nitrogens is 2. The minimum Gasteiger partial charge on any atom is -0.465 e. The highest BCUT2D eigenvalue weighted by atomic mass is 19.1. The Morgan fingerprint density at radius 3 is 1.79 bits per heavy atom. The quantitative estimate of drug-likeness (QED) is 0.100. The number of carboxylic acid groups (broad SMARTS) is 1. The first kappa shape index (κ1) is 40.4. The molecule has 0 radical (unpaired) electrons. The van der Waals surface area contributed by atoms with E-state index in [1.165, 1.54) is 4.90 Å². The van der Waals surface area contributed by atoms with Gasteiger partial charge in [0, 0.05) is 58.6 Å². The number of nitrogens with one attached hydrogen (secondary N) is 5. The predicted octanol–water partition coefficient (Wildman–Crippen LogP) is 5.75. The Balaban J connectivity index is 0.000000177. The Bertz CT molecular complexity index is 2120. The number of carbonyl (C=O) groups is 4. The van der Waals surface area contributed by atoms with E-state index < -0.39 is 42.2 Å². The van der Waals surface area contributed by atoms with Gasteiger partial charge >= 0.3 is 12.2 Å². The van der Waals surface area contributed by atoms with E-state index in [1.807, 2.05) is 13.8 Å². The van der Waals surface area contributed by atoms with Gasteiger partial charge in [-0.15, -0.1) is 0 Å². The molecule has 0 saturated heterocycles. The van der Waals surface area contributed by atoms with E-state index in [1.54, 1.807) is 38.1 Å². The Hall–Kier alpha value is -5.82.